The molecule has 8 heteroatoms. The molecule has 0 unspecified atom stereocenters. The number of H-pyrrole nitrogens is 1. The zero-order valence-electron chi connectivity index (χ0n) is 13.0. The molecule has 0 aliphatic heterocycles. The van der Waals surface area contributed by atoms with Crippen LogP contribution in [0.5, 0.6) is 11.5 Å². The third-order valence-corrected chi connectivity index (χ3v) is 3.96. The fraction of sp³-hybridized carbons (Fsp3) is 0.125. The lowest BCUT2D eigenvalue weighted by molar-refractivity contribution is 0.395. The summed E-state index contributed by atoms with van der Waals surface area (Å²) in [6.07, 6.45) is 0. The first-order valence-corrected chi connectivity index (χ1v) is 7.75. The Hall–Kier alpha value is -3.05. The number of methoxy groups -OCH3 is 2. The van der Waals surface area contributed by atoms with Crippen LogP contribution in [0.4, 0.5) is 0 Å². The van der Waals surface area contributed by atoms with E-state index >= 15 is 0 Å². The highest BCUT2D eigenvalue weighted by Crippen LogP contribution is 2.32. The van der Waals surface area contributed by atoms with Gasteiger partial charge >= 0.3 is 0 Å². The average Bonchev–Trinajstić information content (AvgIpc) is 3.09. The molecular formula is C16H13N5O2S. The zero-order valence-corrected chi connectivity index (χ0v) is 13.8. The summed E-state index contributed by atoms with van der Waals surface area (Å²) in [6, 6.07) is 12.7. The lowest BCUT2D eigenvalue weighted by Crippen LogP contribution is -1.91. The molecular weight excluding hydrogens is 326 g/mol. The van der Waals surface area contributed by atoms with Crippen molar-refractivity contribution >= 4 is 11.8 Å². The molecule has 3 aromatic rings. The van der Waals surface area contributed by atoms with Gasteiger partial charge in [-0.15, -0.1) is 5.10 Å². The number of aromatic nitrogens is 4. The summed E-state index contributed by atoms with van der Waals surface area (Å²) in [7, 11) is 3.18. The standard InChI is InChI=1S/C16H13N5O2S/c1-22-11-6-7-12(13(8-11)23-2)15-19-16(21-20-15)24-14-5-3-4-10(9-17)18-14/h3-8H,1-2H3,(H,19,20,21). The van der Waals surface area contributed by atoms with Crippen LogP contribution < -0.4 is 9.47 Å². The van der Waals surface area contributed by atoms with Gasteiger partial charge in [-0.3, -0.25) is 5.10 Å². The van der Waals surface area contributed by atoms with Gasteiger partial charge < -0.3 is 9.47 Å². The second-order valence-corrected chi connectivity index (χ2v) is 5.60. The van der Waals surface area contributed by atoms with E-state index in [1.807, 2.05) is 18.2 Å². The van der Waals surface area contributed by atoms with Crippen LogP contribution in [0, 0.1) is 11.3 Å². The first-order valence-electron chi connectivity index (χ1n) is 6.93. The number of aromatic amines is 1. The Morgan fingerprint density at radius 2 is 2.00 bits per heavy atom. The molecule has 3 rings (SSSR count). The number of hydrogen-bond acceptors (Lipinski definition) is 7. The number of hydrogen-bond donors (Lipinski definition) is 1. The Morgan fingerprint density at radius 3 is 2.75 bits per heavy atom. The Bertz CT molecular complexity index is 903. The van der Waals surface area contributed by atoms with Crippen LogP contribution in [0.3, 0.4) is 0 Å². The number of pyridine rings is 1. The highest BCUT2D eigenvalue weighted by molar-refractivity contribution is 7.99. The maximum Gasteiger partial charge on any atom is 0.215 e. The second-order valence-electron chi connectivity index (χ2n) is 4.61. The predicted octanol–water partition coefficient (Wildman–Crippen LogP) is 2.91. The minimum Gasteiger partial charge on any atom is -0.497 e. The Kier molecular flexibility index (Phi) is 4.63. The zero-order chi connectivity index (χ0) is 16.9. The van der Waals surface area contributed by atoms with Crippen LogP contribution in [-0.4, -0.2) is 34.4 Å². The van der Waals surface area contributed by atoms with Crippen molar-refractivity contribution in [1.29, 1.82) is 5.26 Å². The van der Waals surface area contributed by atoms with Gasteiger partial charge in [-0.25, -0.2) is 9.97 Å². The largest absolute Gasteiger partial charge is 0.497 e. The van der Waals surface area contributed by atoms with E-state index < -0.39 is 0 Å². The van der Waals surface area contributed by atoms with Gasteiger partial charge in [0.1, 0.15) is 28.3 Å². The lowest BCUT2D eigenvalue weighted by Gasteiger charge is -2.07. The minimum atomic E-state index is 0.354. The molecule has 0 saturated carbocycles. The molecule has 2 aromatic heterocycles. The first kappa shape index (κ1) is 15.8. The third-order valence-electron chi connectivity index (χ3n) is 3.16. The highest BCUT2D eigenvalue weighted by atomic mass is 32.2. The van der Waals surface area contributed by atoms with Gasteiger partial charge in [0.2, 0.25) is 5.16 Å². The number of nitrogens with one attached hydrogen (secondary N) is 1. The molecule has 120 valence electrons. The van der Waals surface area contributed by atoms with Crippen LogP contribution >= 0.6 is 11.8 Å². The number of rotatable bonds is 5. The van der Waals surface area contributed by atoms with Crippen LogP contribution in [0.25, 0.3) is 11.4 Å². The van der Waals surface area contributed by atoms with Crippen molar-refractivity contribution in [1.82, 2.24) is 20.2 Å². The molecule has 0 fully saturated rings. The minimum absolute atomic E-state index is 0.354. The molecule has 1 N–H and O–H groups in total. The lowest BCUT2D eigenvalue weighted by atomic mass is 10.2. The van der Waals surface area contributed by atoms with Crippen LogP contribution in [-0.2, 0) is 0 Å². The summed E-state index contributed by atoms with van der Waals surface area (Å²) in [4.78, 5) is 8.64. The molecule has 1 aromatic carbocycles. The first-order chi connectivity index (χ1) is 11.7. The molecule has 0 radical (unpaired) electrons. The van der Waals surface area contributed by atoms with Crippen molar-refractivity contribution < 1.29 is 9.47 Å². The Labute approximate surface area is 142 Å². The third kappa shape index (κ3) is 3.31. The van der Waals surface area contributed by atoms with E-state index in [0.717, 1.165) is 5.56 Å². The van der Waals surface area contributed by atoms with Gasteiger partial charge in [-0.1, -0.05) is 6.07 Å². The summed E-state index contributed by atoms with van der Waals surface area (Å²) in [5, 5.41) is 17.1. The number of nitrogens with zero attached hydrogens (tertiary/aromatic N) is 4. The van der Waals surface area contributed by atoms with E-state index in [4.69, 9.17) is 14.7 Å². The normalized spacial score (nSPS) is 10.2. The maximum atomic E-state index is 8.90. The summed E-state index contributed by atoms with van der Waals surface area (Å²) in [5.41, 5.74) is 1.13. The number of nitriles is 1. The van der Waals surface area contributed by atoms with Crippen molar-refractivity contribution in [2.24, 2.45) is 0 Å². The summed E-state index contributed by atoms with van der Waals surface area (Å²) in [5.74, 6) is 1.90. The maximum absolute atomic E-state index is 8.90. The van der Waals surface area contributed by atoms with E-state index in [9.17, 15) is 0 Å². The van der Waals surface area contributed by atoms with E-state index in [0.29, 0.717) is 33.2 Å². The van der Waals surface area contributed by atoms with E-state index in [-0.39, 0.29) is 0 Å². The van der Waals surface area contributed by atoms with E-state index in [1.165, 1.54) is 11.8 Å². The number of ether oxygens (including phenoxy) is 2. The quantitative estimate of drug-likeness (QED) is 0.763. The van der Waals surface area contributed by atoms with E-state index in [1.54, 1.807) is 38.5 Å². The molecule has 7 nitrogen and oxygen atoms in total. The fourth-order valence-corrected chi connectivity index (χ4v) is 2.74. The van der Waals surface area contributed by atoms with Crippen LogP contribution in [0.2, 0.25) is 0 Å². The van der Waals surface area contributed by atoms with Gasteiger partial charge in [-0.2, -0.15) is 5.26 Å². The topological polar surface area (TPSA) is 96.7 Å². The van der Waals surface area contributed by atoms with Crippen molar-refractivity contribution in [3.05, 3.63) is 42.1 Å². The molecule has 0 aliphatic carbocycles. The second kappa shape index (κ2) is 7.02. The summed E-state index contributed by atoms with van der Waals surface area (Å²) < 4.78 is 10.6. The van der Waals surface area contributed by atoms with Crippen LogP contribution in [0.15, 0.2) is 46.6 Å². The van der Waals surface area contributed by atoms with Gasteiger partial charge in [0.25, 0.3) is 0 Å². The van der Waals surface area contributed by atoms with Gasteiger partial charge in [0.15, 0.2) is 5.82 Å². The monoisotopic (exact) mass is 339 g/mol. The van der Waals surface area contributed by atoms with Crippen LogP contribution in [0.1, 0.15) is 5.69 Å². The van der Waals surface area contributed by atoms with Crippen molar-refractivity contribution in [2.75, 3.05) is 14.2 Å². The molecule has 0 aliphatic rings. The number of benzene rings is 1. The van der Waals surface area contributed by atoms with E-state index in [2.05, 4.69) is 20.2 Å². The van der Waals surface area contributed by atoms with Crippen molar-refractivity contribution in [3.63, 3.8) is 0 Å². The summed E-state index contributed by atoms with van der Waals surface area (Å²) >= 11 is 1.27. The molecule has 2 heterocycles. The van der Waals surface area contributed by atoms with Gasteiger partial charge in [0, 0.05) is 6.07 Å². The Morgan fingerprint density at radius 1 is 1.12 bits per heavy atom. The fourth-order valence-electron chi connectivity index (χ4n) is 2.03. The molecule has 0 bridgehead atoms. The van der Waals surface area contributed by atoms with Crippen molar-refractivity contribution in [3.8, 4) is 29.0 Å². The molecule has 0 atom stereocenters. The molecule has 0 spiro atoms. The predicted molar refractivity (Wildman–Crippen MR) is 88.0 cm³/mol. The highest BCUT2D eigenvalue weighted by Gasteiger charge is 2.13. The van der Waals surface area contributed by atoms with Gasteiger partial charge in [-0.05, 0) is 36.0 Å². The Balaban J connectivity index is 1.87. The molecule has 0 amide bonds. The SMILES string of the molecule is COc1ccc(-c2nc(Sc3cccc(C#N)n3)n[nH]2)c(OC)c1. The van der Waals surface area contributed by atoms with Gasteiger partial charge in [0.05, 0.1) is 19.8 Å². The average molecular weight is 339 g/mol. The molecule has 0 saturated heterocycles. The van der Waals surface area contributed by atoms with Crippen molar-refractivity contribution in [2.45, 2.75) is 10.2 Å². The molecule has 24 heavy (non-hydrogen) atoms. The summed E-state index contributed by atoms with van der Waals surface area (Å²) in [6.45, 7) is 0. The smallest absolute Gasteiger partial charge is 0.215 e.